The van der Waals surface area contributed by atoms with Crippen molar-refractivity contribution in [2.24, 2.45) is 0 Å². The maximum atomic E-state index is 10.4. The number of ether oxygens (including phenoxy) is 1. The average Bonchev–Trinajstić information content (AvgIpc) is 2.91. The average molecular weight is 303 g/mol. The van der Waals surface area contributed by atoms with Gasteiger partial charge in [0.1, 0.15) is 5.75 Å². The number of rotatable bonds is 4. The molecule has 0 aliphatic heterocycles. The molecule has 1 atom stereocenters. The molecule has 0 bridgehead atoms. The summed E-state index contributed by atoms with van der Waals surface area (Å²) in [7, 11) is 1.56. The molecule has 108 valence electrons. The molecule has 0 aliphatic rings. The lowest BCUT2D eigenvalue weighted by Crippen LogP contribution is -2.08. The van der Waals surface area contributed by atoms with Crippen LogP contribution < -0.4 is 4.74 Å². The molecule has 1 aromatic heterocycles. The lowest BCUT2D eigenvalue weighted by molar-refractivity contribution is 0.157. The molecule has 0 amide bonds. The second-order valence-electron chi connectivity index (χ2n) is 4.80. The molecule has 3 rings (SSSR count). The second kappa shape index (κ2) is 5.76. The van der Waals surface area contributed by atoms with Gasteiger partial charge in [0.05, 0.1) is 42.1 Å². The van der Waals surface area contributed by atoms with Crippen molar-refractivity contribution in [2.75, 3.05) is 7.11 Å². The van der Waals surface area contributed by atoms with Crippen LogP contribution in [0.15, 0.2) is 48.8 Å². The van der Waals surface area contributed by atoms with Crippen LogP contribution in [0.1, 0.15) is 11.7 Å². The van der Waals surface area contributed by atoms with Crippen LogP contribution in [-0.2, 0) is 6.54 Å². The zero-order valence-corrected chi connectivity index (χ0v) is 12.3. The summed E-state index contributed by atoms with van der Waals surface area (Å²) in [6.07, 6.45) is 1.08. The summed E-state index contributed by atoms with van der Waals surface area (Å²) in [6.45, 7) is 0.422. The molecule has 2 aromatic carbocycles. The molecule has 0 fully saturated rings. The first-order valence-corrected chi connectivity index (χ1v) is 6.98. The van der Waals surface area contributed by atoms with Gasteiger partial charge in [-0.05, 0) is 29.8 Å². The van der Waals surface area contributed by atoms with Gasteiger partial charge in [0.15, 0.2) is 0 Å². The molecular weight excluding hydrogens is 288 g/mol. The first-order chi connectivity index (χ1) is 10.2. The Morgan fingerprint density at radius 2 is 2.10 bits per heavy atom. The molecule has 0 saturated carbocycles. The molecule has 4 nitrogen and oxygen atoms in total. The molecule has 0 radical (unpaired) electrons. The molecule has 5 heteroatoms. The van der Waals surface area contributed by atoms with E-state index >= 15 is 0 Å². The van der Waals surface area contributed by atoms with Crippen LogP contribution in [0.4, 0.5) is 0 Å². The van der Waals surface area contributed by atoms with Gasteiger partial charge in [-0.15, -0.1) is 0 Å². The van der Waals surface area contributed by atoms with Crippen LogP contribution in [-0.4, -0.2) is 21.8 Å². The molecule has 1 unspecified atom stereocenters. The summed E-state index contributed by atoms with van der Waals surface area (Å²) < 4.78 is 7.11. The predicted octanol–water partition coefficient (Wildman–Crippen LogP) is 3.43. The maximum absolute atomic E-state index is 10.4. The molecule has 0 saturated heterocycles. The Bertz CT molecular complexity index is 770. The number of benzene rings is 2. The van der Waals surface area contributed by atoms with Gasteiger partial charge in [0.2, 0.25) is 0 Å². The minimum absolute atomic E-state index is 0.422. The van der Waals surface area contributed by atoms with E-state index < -0.39 is 6.10 Å². The smallest absolute Gasteiger partial charge is 0.137 e. The second-order valence-corrected chi connectivity index (χ2v) is 5.20. The molecule has 0 spiro atoms. The molecule has 1 N–H and O–H groups in total. The molecule has 1 heterocycles. The zero-order chi connectivity index (χ0) is 14.8. The Morgan fingerprint density at radius 1 is 1.29 bits per heavy atom. The van der Waals surface area contributed by atoms with Crippen molar-refractivity contribution >= 4 is 22.6 Å². The van der Waals surface area contributed by atoms with Crippen molar-refractivity contribution in [1.82, 2.24) is 9.55 Å². The Balaban J connectivity index is 1.87. The number of aromatic nitrogens is 2. The molecular formula is C16H15ClN2O2. The van der Waals surface area contributed by atoms with Gasteiger partial charge in [0, 0.05) is 0 Å². The quantitative estimate of drug-likeness (QED) is 0.803. The monoisotopic (exact) mass is 302 g/mol. The largest absolute Gasteiger partial charge is 0.495 e. The third-order valence-corrected chi connectivity index (χ3v) is 3.77. The summed E-state index contributed by atoms with van der Waals surface area (Å²) in [4.78, 5) is 4.32. The molecule has 21 heavy (non-hydrogen) atoms. The summed E-state index contributed by atoms with van der Waals surface area (Å²) in [5, 5.41) is 10.9. The third kappa shape index (κ3) is 2.73. The standard InChI is InChI=1S/C16H15ClN2O2/c1-21-16-8-11(6-7-12(16)17)15(20)9-19-10-18-13-4-2-3-5-14(13)19/h2-8,10,15,20H,9H2,1H3. The number of hydrogen-bond donors (Lipinski definition) is 1. The maximum Gasteiger partial charge on any atom is 0.137 e. The highest BCUT2D eigenvalue weighted by Gasteiger charge is 2.12. The number of fused-ring (bicyclic) bond motifs is 1. The van der Waals surface area contributed by atoms with Crippen molar-refractivity contribution in [1.29, 1.82) is 0 Å². The number of aliphatic hydroxyl groups is 1. The zero-order valence-electron chi connectivity index (χ0n) is 11.5. The number of imidazole rings is 1. The number of methoxy groups -OCH3 is 1. The van der Waals surface area contributed by atoms with Gasteiger partial charge in [-0.25, -0.2) is 4.98 Å². The minimum Gasteiger partial charge on any atom is -0.495 e. The van der Waals surface area contributed by atoms with E-state index in [0.717, 1.165) is 16.6 Å². The minimum atomic E-state index is -0.659. The first kappa shape index (κ1) is 13.9. The van der Waals surface area contributed by atoms with Crippen LogP contribution in [0.5, 0.6) is 5.75 Å². The topological polar surface area (TPSA) is 47.3 Å². The fourth-order valence-electron chi connectivity index (χ4n) is 2.33. The van der Waals surface area contributed by atoms with Crippen molar-refractivity contribution in [3.63, 3.8) is 0 Å². The van der Waals surface area contributed by atoms with E-state index in [9.17, 15) is 5.11 Å². The Morgan fingerprint density at radius 3 is 2.90 bits per heavy atom. The molecule has 3 aromatic rings. The number of hydrogen-bond acceptors (Lipinski definition) is 3. The lowest BCUT2D eigenvalue weighted by Gasteiger charge is -2.14. The van der Waals surface area contributed by atoms with Crippen LogP contribution in [0.3, 0.4) is 0 Å². The van der Waals surface area contributed by atoms with Crippen molar-refractivity contribution in [2.45, 2.75) is 12.6 Å². The van der Waals surface area contributed by atoms with Gasteiger partial charge >= 0.3 is 0 Å². The van der Waals surface area contributed by atoms with E-state index in [1.54, 1.807) is 31.6 Å². The van der Waals surface area contributed by atoms with Gasteiger partial charge in [-0.2, -0.15) is 0 Å². The van der Waals surface area contributed by atoms with E-state index in [4.69, 9.17) is 16.3 Å². The SMILES string of the molecule is COc1cc(C(O)Cn2cnc3ccccc32)ccc1Cl. The van der Waals surface area contributed by atoms with Crippen molar-refractivity contribution in [3.8, 4) is 5.75 Å². The Kier molecular flexibility index (Phi) is 3.82. The van der Waals surface area contributed by atoms with Gasteiger partial charge in [-0.3, -0.25) is 0 Å². The third-order valence-electron chi connectivity index (χ3n) is 3.46. The van der Waals surface area contributed by atoms with Crippen molar-refractivity contribution < 1.29 is 9.84 Å². The fraction of sp³-hybridized carbons (Fsp3) is 0.188. The highest BCUT2D eigenvalue weighted by Crippen LogP contribution is 2.28. The van der Waals surface area contributed by atoms with E-state index in [1.807, 2.05) is 28.8 Å². The van der Waals surface area contributed by atoms with Crippen LogP contribution in [0, 0.1) is 0 Å². The summed E-state index contributed by atoms with van der Waals surface area (Å²) in [5.74, 6) is 0.559. The van der Waals surface area contributed by atoms with E-state index in [0.29, 0.717) is 17.3 Å². The Hall–Kier alpha value is -2.04. The number of halogens is 1. The van der Waals surface area contributed by atoms with Gasteiger partial charge in [0.25, 0.3) is 0 Å². The number of aliphatic hydroxyl groups excluding tert-OH is 1. The van der Waals surface area contributed by atoms with E-state index in [-0.39, 0.29) is 0 Å². The van der Waals surface area contributed by atoms with Crippen LogP contribution >= 0.6 is 11.6 Å². The summed E-state index contributed by atoms with van der Waals surface area (Å²) >= 11 is 6.00. The van der Waals surface area contributed by atoms with Gasteiger partial charge in [-0.1, -0.05) is 29.8 Å². The highest BCUT2D eigenvalue weighted by molar-refractivity contribution is 6.32. The van der Waals surface area contributed by atoms with Crippen molar-refractivity contribution in [3.05, 3.63) is 59.4 Å². The van der Waals surface area contributed by atoms with E-state index in [1.165, 1.54) is 0 Å². The normalized spacial score (nSPS) is 12.5. The van der Waals surface area contributed by atoms with Crippen LogP contribution in [0.2, 0.25) is 5.02 Å². The molecule has 0 aliphatic carbocycles. The first-order valence-electron chi connectivity index (χ1n) is 6.60. The number of para-hydroxylation sites is 2. The van der Waals surface area contributed by atoms with Gasteiger partial charge < -0.3 is 14.4 Å². The fourth-order valence-corrected chi connectivity index (χ4v) is 2.53. The predicted molar refractivity (Wildman–Crippen MR) is 82.7 cm³/mol. The Labute approximate surface area is 127 Å². The summed E-state index contributed by atoms with van der Waals surface area (Å²) in [6, 6.07) is 13.1. The highest BCUT2D eigenvalue weighted by atomic mass is 35.5. The van der Waals surface area contributed by atoms with E-state index in [2.05, 4.69) is 4.98 Å². The summed E-state index contributed by atoms with van der Waals surface area (Å²) in [5.41, 5.74) is 2.67. The lowest BCUT2D eigenvalue weighted by atomic mass is 10.1. The number of nitrogens with zero attached hydrogens (tertiary/aromatic N) is 2. The van der Waals surface area contributed by atoms with Crippen LogP contribution in [0.25, 0.3) is 11.0 Å².